The summed E-state index contributed by atoms with van der Waals surface area (Å²) in [6.45, 7) is 2.11. The van der Waals surface area contributed by atoms with E-state index < -0.39 is 38.0 Å². The maximum Gasteiger partial charge on any atom is 0.417 e. The molecule has 0 saturated carbocycles. The molecule has 12 heteroatoms. The number of alkyl halides is 3. The predicted molar refractivity (Wildman–Crippen MR) is 134 cm³/mol. The Morgan fingerprint density at radius 3 is 2.57 bits per heavy atom. The van der Waals surface area contributed by atoms with Crippen LogP contribution in [0.15, 0.2) is 52.5 Å². The highest BCUT2D eigenvalue weighted by molar-refractivity contribution is 7.98. The summed E-state index contributed by atoms with van der Waals surface area (Å²) in [6.07, 6.45) is -0.0665. The predicted octanol–water partition coefficient (Wildman–Crippen LogP) is 6.16. The number of carbonyl (C=O) groups is 1. The lowest BCUT2D eigenvalue weighted by molar-refractivity contribution is -0.137. The highest BCUT2D eigenvalue weighted by Crippen LogP contribution is 2.39. The van der Waals surface area contributed by atoms with Crippen molar-refractivity contribution in [2.45, 2.75) is 30.8 Å². The monoisotopic (exact) mass is 547 g/mol. The number of thioether (sulfide) groups is 1. The summed E-state index contributed by atoms with van der Waals surface area (Å²) in [5.41, 5.74) is -0.405. The first-order valence-electron chi connectivity index (χ1n) is 10.6. The number of rotatable bonds is 7. The van der Waals surface area contributed by atoms with Crippen molar-refractivity contribution >= 4 is 50.6 Å². The standard InChI is InChI=1S/C23H25ClF3N3O3S2/c1-22(10-5-11-34-2)14-30(21(31)28-16-6-4-7-17(13-16)35(3,32)33)29-20(22)15-8-9-18(19(24)12-15)23(25,26)27/h4,6-9,12-13H,5,10-11,14H2,1-3H3,(H,28,31). The van der Waals surface area contributed by atoms with Gasteiger partial charge >= 0.3 is 12.2 Å². The van der Waals surface area contributed by atoms with Crippen LogP contribution in [0.25, 0.3) is 0 Å². The number of nitrogens with zero attached hydrogens (tertiary/aromatic N) is 2. The van der Waals surface area contributed by atoms with Crippen LogP contribution in [0.4, 0.5) is 23.7 Å². The molecule has 1 atom stereocenters. The first kappa shape index (κ1) is 27.3. The highest BCUT2D eigenvalue weighted by atomic mass is 35.5. The van der Waals surface area contributed by atoms with Crippen LogP contribution >= 0.6 is 23.4 Å². The van der Waals surface area contributed by atoms with Crippen molar-refractivity contribution in [3.8, 4) is 0 Å². The largest absolute Gasteiger partial charge is 0.417 e. The van der Waals surface area contributed by atoms with E-state index in [2.05, 4.69) is 10.4 Å². The fourth-order valence-electron chi connectivity index (χ4n) is 3.89. The lowest BCUT2D eigenvalue weighted by Crippen LogP contribution is -2.36. The van der Waals surface area contributed by atoms with Crippen molar-refractivity contribution in [2.75, 3.05) is 30.1 Å². The molecule has 1 aliphatic rings. The summed E-state index contributed by atoms with van der Waals surface area (Å²) >= 11 is 7.62. The molecular formula is C23H25ClF3N3O3S2. The third kappa shape index (κ3) is 6.50. The van der Waals surface area contributed by atoms with Crippen molar-refractivity contribution < 1.29 is 26.4 Å². The van der Waals surface area contributed by atoms with Gasteiger partial charge in [-0.3, -0.25) is 0 Å². The molecule has 0 aliphatic carbocycles. The SMILES string of the molecule is CSCCCC1(C)CN(C(=O)Nc2cccc(S(C)(=O)=O)c2)N=C1c1ccc(C(F)(F)F)c(Cl)c1. The minimum Gasteiger partial charge on any atom is -0.306 e. The maximum absolute atomic E-state index is 13.2. The molecule has 1 heterocycles. The molecule has 2 aromatic rings. The second kappa shape index (κ2) is 10.4. The van der Waals surface area contributed by atoms with Crippen LogP contribution in [0.3, 0.4) is 0 Å². The van der Waals surface area contributed by atoms with Crippen molar-refractivity contribution in [3.05, 3.63) is 58.6 Å². The molecule has 0 fully saturated rings. The maximum atomic E-state index is 13.2. The van der Waals surface area contributed by atoms with Gasteiger partial charge in [-0.2, -0.15) is 30.0 Å². The summed E-state index contributed by atoms with van der Waals surface area (Å²) in [4.78, 5) is 13.1. The minimum atomic E-state index is -4.58. The summed E-state index contributed by atoms with van der Waals surface area (Å²) in [5.74, 6) is 0.876. The van der Waals surface area contributed by atoms with E-state index in [0.717, 1.165) is 24.5 Å². The zero-order chi connectivity index (χ0) is 26.0. The number of amides is 2. The average molecular weight is 548 g/mol. The highest BCUT2D eigenvalue weighted by Gasteiger charge is 2.42. The third-order valence-electron chi connectivity index (χ3n) is 5.66. The fraction of sp³-hybridized carbons (Fsp3) is 0.391. The second-order valence-electron chi connectivity index (χ2n) is 8.59. The molecule has 3 rings (SSSR count). The molecule has 0 aromatic heterocycles. The lowest BCUT2D eigenvalue weighted by atomic mass is 9.78. The quantitative estimate of drug-likeness (QED) is 0.421. The summed E-state index contributed by atoms with van der Waals surface area (Å²) in [6, 6.07) is 8.73. The number of nitrogens with one attached hydrogen (secondary N) is 1. The molecule has 2 amide bonds. The smallest absolute Gasteiger partial charge is 0.306 e. The first-order valence-corrected chi connectivity index (χ1v) is 14.2. The molecule has 1 aliphatic heterocycles. The molecular weight excluding hydrogens is 523 g/mol. The van der Waals surface area contributed by atoms with E-state index in [1.165, 1.54) is 35.3 Å². The Morgan fingerprint density at radius 2 is 1.97 bits per heavy atom. The molecule has 0 spiro atoms. The number of sulfone groups is 1. The fourth-order valence-corrected chi connectivity index (χ4v) is 5.28. The van der Waals surface area contributed by atoms with Crippen molar-refractivity contribution in [1.29, 1.82) is 0 Å². The zero-order valence-corrected chi connectivity index (χ0v) is 21.7. The molecule has 190 valence electrons. The van der Waals surface area contributed by atoms with E-state index in [9.17, 15) is 26.4 Å². The number of hydrazone groups is 1. The van der Waals surface area contributed by atoms with E-state index in [4.69, 9.17) is 11.6 Å². The number of hydrogen-bond acceptors (Lipinski definition) is 5. The number of urea groups is 1. The minimum absolute atomic E-state index is 0.0576. The van der Waals surface area contributed by atoms with Gasteiger partial charge in [-0.15, -0.1) is 0 Å². The molecule has 2 aromatic carbocycles. The topological polar surface area (TPSA) is 78.8 Å². The summed E-state index contributed by atoms with van der Waals surface area (Å²) in [7, 11) is -3.46. The van der Waals surface area contributed by atoms with E-state index in [1.54, 1.807) is 17.8 Å². The van der Waals surface area contributed by atoms with E-state index in [1.807, 2.05) is 13.2 Å². The molecule has 0 radical (unpaired) electrons. The van der Waals surface area contributed by atoms with Crippen molar-refractivity contribution in [2.24, 2.45) is 10.5 Å². The van der Waals surface area contributed by atoms with Crippen LogP contribution < -0.4 is 5.32 Å². The van der Waals surface area contributed by atoms with Gasteiger partial charge in [0, 0.05) is 17.4 Å². The van der Waals surface area contributed by atoms with Gasteiger partial charge < -0.3 is 5.32 Å². The Morgan fingerprint density at radius 1 is 1.26 bits per heavy atom. The molecule has 35 heavy (non-hydrogen) atoms. The normalized spacial score (nSPS) is 18.5. The van der Waals surface area contributed by atoms with Crippen molar-refractivity contribution in [3.63, 3.8) is 0 Å². The number of halogens is 4. The van der Waals surface area contributed by atoms with Crippen LogP contribution in [-0.2, 0) is 16.0 Å². The van der Waals surface area contributed by atoms with E-state index in [0.29, 0.717) is 17.7 Å². The van der Waals surface area contributed by atoms with Gasteiger partial charge in [-0.05, 0) is 60.7 Å². The van der Waals surface area contributed by atoms with Gasteiger partial charge in [0.2, 0.25) is 0 Å². The Balaban J connectivity index is 1.92. The van der Waals surface area contributed by atoms with Gasteiger partial charge in [-0.1, -0.05) is 30.7 Å². The van der Waals surface area contributed by atoms with E-state index in [-0.39, 0.29) is 17.1 Å². The summed E-state index contributed by atoms with van der Waals surface area (Å²) < 4.78 is 63.2. The van der Waals surface area contributed by atoms with Gasteiger partial charge in [0.25, 0.3) is 0 Å². The lowest BCUT2D eigenvalue weighted by Gasteiger charge is -2.26. The molecule has 1 N–H and O–H groups in total. The van der Waals surface area contributed by atoms with Crippen molar-refractivity contribution in [1.82, 2.24) is 5.01 Å². The number of anilines is 1. The average Bonchev–Trinajstić information content (AvgIpc) is 3.10. The molecule has 0 bridgehead atoms. The Hall–Kier alpha value is -2.24. The Labute approximate surface area is 211 Å². The Kier molecular flexibility index (Phi) is 8.12. The molecule has 6 nitrogen and oxygen atoms in total. The van der Waals surface area contributed by atoms with Crippen LogP contribution in [0.1, 0.15) is 30.9 Å². The van der Waals surface area contributed by atoms with Gasteiger partial charge in [-0.25, -0.2) is 18.2 Å². The third-order valence-corrected chi connectivity index (χ3v) is 7.78. The van der Waals surface area contributed by atoms with Crippen LogP contribution in [-0.4, -0.2) is 50.0 Å². The van der Waals surface area contributed by atoms with Crippen LogP contribution in [0.5, 0.6) is 0 Å². The second-order valence-corrected chi connectivity index (χ2v) is 12.0. The van der Waals surface area contributed by atoms with Crippen LogP contribution in [0.2, 0.25) is 5.02 Å². The first-order chi connectivity index (χ1) is 16.2. The van der Waals surface area contributed by atoms with Crippen LogP contribution in [0, 0.1) is 5.41 Å². The number of hydrogen-bond donors (Lipinski definition) is 1. The number of carbonyl (C=O) groups excluding carboxylic acids is 1. The summed E-state index contributed by atoms with van der Waals surface area (Å²) in [5, 5.41) is 7.89. The van der Waals surface area contributed by atoms with E-state index >= 15 is 0 Å². The zero-order valence-electron chi connectivity index (χ0n) is 19.3. The molecule has 1 unspecified atom stereocenters. The molecule has 0 saturated heterocycles. The number of benzene rings is 2. The van der Waals surface area contributed by atoms with Gasteiger partial charge in [0.1, 0.15) is 0 Å². The van der Waals surface area contributed by atoms with Gasteiger partial charge in [0.15, 0.2) is 9.84 Å². The van der Waals surface area contributed by atoms with Gasteiger partial charge in [0.05, 0.1) is 27.7 Å². The Bertz CT molecular complexity index is 1250.